The van der Waals surface area contributed by atoms with Crippen molar-refractivity contribution in [3.63, 3.8) is 0 Å². The van der Waals surface area contributed by atoms with Gasteiger partial charge < -0.3 is 20.5 Å². The molecule has 0 saturated heterocycles. The number of carbonyl (C=O) groups is 3. The van der Waals surface area contributed by atoms with Crippen molar-refractivity contribution in [3.8, 4) is 5.75 Å². The molecule has 7 nitrogen and oxygen atoms in total. The van der Waals surface area contributed by atoms with Gasteiger partial charge in [0.2, 0.25) is 11.5 Å². The number of thioether (sulfide) groups is 1. The Morgan fingerprint density at radius 3 is 2.23 bits per heavy atom. The average molecular weight is 561 g/mol. The van der Waals surface area contributed by atoms with Crippen LogP contribution in [-0.4, -0.2) is 35.2 Å². The maximum atomic E-state index is 13.1. The van der Waals surface area contributed by atoms with Crippen LogP contribution in [0.4, 0.5) is 5.69 Å². The van der Waals surface area contributed by atoms with Gasteiger partial charge in [-0.2, -0.15) is 11.8 Å². The van der Waals surface area contributed by atoms with E-state index in [1.807, 2.05) is 56.3 Å². The van der Waals surface area contributed by atoms with Crippen LogP contribution in [0.2, 0.25) is 0 Å². The third-order valence-corrected chi connectivity index (χ3v) is 7.93. The second kappa shape index (κ2) is 13.6. The van der Waals surface area contributed by atoms with Crippen LogP contribution in [0.25, 0.3) is 0 Å². The van der Waals surface area contributed by atoms with Gasteiger partial charge in [-0.15, -0.1) is 0 Å². The van der Waals surface area contributed by atoms with Crippen LogP contribution in [-0.2, 0) is 31.3 Å². The largest absolute Gasteiger partial charge is 0.476 e. The predicted molar refractivity (Wildman–Crippen MR) is 158 cm³/mol. The topological polar surface area (TPSA) is 108 Å². The van der Waals surface area contributed by atoms with Crippen molar-refractivity contribution in [2.45, 2.75) is 63.3 Å². The normalized spacial score (nSPS) is 14.8. The van der Waals surface area contributed by atoms with Crippen LogP contribution in [0, 0.1) is 13.8 Å². The highest BCUT2D eigenvalue weighted by atomic mass is 32.2. The molecule has 40 heavy (non-hydrogen) atoms. The number of carbonyl (C=O) groups excluding carboxylic acids is 3. The van der Waals surface area contributed by atoms with Crippen LogP contribution < -0.4 is 15.8 Å². The molecule has 0 unspecified atom stereocenters. The Bertz CT molecular complexity index is 1300. The van der Waals surface area contributed by atoms with Crippen LogP contribution in [0.15, 0.2) is 72.8 Å². The van der Waals surface area contributed by atoms with Gasteiger partial charge in [-0.05, 0) is 86.1 Å². The number of rotatable bonds is 11. The van der Waals surface area contributed by atoms with Gasteiger partial charge in [0.15, 0.2) is 0 Å². The maximum Gasteiger partial charge on any atom is 0.358 e. The second-order valence-electron chi connectivity index (χ2n) is 10.4. The number of nitrogens with two attached hydrogens (primary N) is 1. The van der Waals surface area contributed by atoms with Crippen LogP contribution in [0.1, 0.15) is 47.9 Å². The molecule has 0 spiro atoms. The van der Waals surface area contributed by atoms with Crippen molar-refractivity contribution in [3.05, 3.63) is 95.1 Å². The van der Waals surface area contributed by atoms with E-state index in [2.05, 4.69) is 11.4 Å². The molecule has 0 heterocycles. The molecule has 210 valence electrons. The molecule has 1 aliphatic rings. The predicted octanol–water partition coefficient (Wildman–Crippen LogP) is 5.51. The Labute approximate surface area is 239 Å². The lowest BCUT2D eigenvalue weighted by Crippen LogP contribution is -2.47. The number of ether oxygens (including phenoxy) is 2. The molecule has 3 aromatic rings. The fraction of sp³-hybridized carbons (Fsp3) is 0.344. The second-order valence-corrected chi connectivity index (χ2v) is 11.4. The number of benzene rings is 3. The van der Waals surface area contributed by atoms with Crippen molar-refractivity contribution >= 4 is 35.3 Å². The Morgan fingerprint density at radius 2 is 1.57 bits per heavy atom. The summed E-state index contributed by atoms with van der Waals surface area (Å²) in [5.74, 6) is -0.0285. The third-order valence-electron chi connectivity index (χ3n) is 6.79. The molecule has 1 saturated carbocycles. The zero-order valence-electron chi connectivity index (χ0n) is 23.0. The molecule has 1 aliphatic carbocycles. The van der Waals surface area contributed by atoms with Gasteiger partial charge in [-0.25, -0.2) is 9.59 Å². The monoisotopic (exact) mass is 560 g/mol. The third kappa shape index (κ3) is 8.19. The maximum absolute atomic E-state index is 13.1. The minimum atomic E-state index is -1.23. The highest BCUT2D eigenvalue weighted by Gasteiger charge is 2.46. The summed E-state index contributed by atoms with van der Waals surface area (Å²) in [5.41, 5.74) is 9.68. The summed E-state index contributed by atoms with van der Waals surface area (Å²) in [6, 6.07) is 22.0. The number of aryl methyl sites for hydroxylation is 2. The van der Waals surface area contributed by atoms with E-state index in [0.29, 0.717) is 30.1 Å². The minimum absolute atomic E-state index is 0.119. The summed E-state index contributed by atoms with van der Waals surface area (Å²) in [4.78, 5) is 38.3. The molecule has 1 atom stereocenters. The van der Waals surface area contributed by atoms with Gasteiger partial charge in [0.05, 0.1) is 6.42 Å². The Balaban J connectivity index is 1.30. The number of amides is 1. The SMILES string of the molecule is Cc1cc(C)cc(NC(=O)Cc2ccc(OC3(C(=O)OC(=O)[C@@H](N)CSCc4ccccc4)CCCC3)cc2)c1. The summed E-state index contributed by atoms with van der Waals surface area (Å²) < 4.78 is 11.4. The molecule has 0 radical (unpaired) electrons. The van der Waals surface area contributed by atoms with Gasteiger partial charge in [0.25, 0.3) is 0 Å². The molecule has 8 heteroatoms. The van der Waals surface area contributed by atoms with Crippen LogP contribution >= 0.6 is 11.8 Å². The molecule has 0 aliphatic heterocycles. The van der Waals surface area contributed by atoms with Gasteiger partial charge in [-0.3, -0.25) is 4.79 Å². The number of hydrogen-bond donors (Lipinski definition) is 2. The number of anilines is 1. The minimum Gasteiger partial charge on any atom is -0.476 e. The molecule has 0 aromatic heterocycles. The van der Waals surface area contributed by atoms with Gasteiger partial charge in [0.1, 0.15) is 11.8 Å². The summed E-state index contributed by atoms with van der Waals surface area (Å²) in [6.07, 6.45) is 2.70. The smallest absolute Gasteiger partial charge is 0.358 e. The van der Waals surface area contributed by atoms with Crippen molar-refractivity contribution in [2.75, 3.05) is 11.1 Å². The van der Waals surface area contributed by atoms with Gasteiger partial charge >= 0.3 is 11.9 Å². The summed E-state index contributed by atoms with van der Waals surface area (Å²) in [5, 5.41) is 2.94. The highest BCUT2D eigenvalue weighted by Crippen LogP contribution is 2.36. The van der Waals surface area contributed by atoms with E-state index in [0.717, 1.165) is 40.8 Å². The Kier molecular flexibility index (Phi) is 10.0. The molecule has 3 aromatic carbocycles. The Morgan fingerprint density at radius 1 is 0.925 bits per heavy atom. The Hall–Kier alpha value is -3.62. The first-order chi connectivity index (χ1) is 19.2. The standard InChI is InChI=1S/C32H36N2O5S/c1-22-16-23(2)18-26(17-22)34-29(35)19-24-10-12-27(13-11-24)39-32(14-6-7-15-32)31(37)38-30(36)28(33)21-40-20-25-8-4-3-5-9-25/h3-5,8-13,16-18,28H,6-7,14-15,19-21,33H2,1-2H3,(H,34,35)/t28-/m0/s1. The number of esters is 2. The average Bonchev–Trinajstić information content (AvgIpc) is 3.39. The van der Waals surface area contributed by atoms with E-state index in [9.17, 15) is 14.4 Å². The fourth-order valence-electron chi connectivity index (χ4n) is 4.84. The molecular formula is C32H36N2O5S. The summed E-state index contributed by atoms with van der Waals surface area (Å²) >= 11 is 1.51. The van der Waals surface area contributed by atoms with Gasteiger partial charge in [-0.1, -0.05) is 48.5 Å². The van der Waals surface area contributed by atoms with Crippen molar-refractivity contribution in [2.24, 2.45) is 5.73 Å². The lowest BCUT2D eigenvalue weighted by molar-refractivity contribution is -0.172. The zero-order chi connectivity index (χ0) is 28.5. The molecular weight excluding hydrogens is 524 g/mol. The quantitative estimate of drug-likeness (QED) is 0.235. The highest BCUT2D eigenvalue weighted by molar-refractivity contribution is 7.98. The lowest BCUT2D eigenvalue weighted by Gasteiger charge is -2.28. The molecule has 0 bridgehead atoms. The van der Waals surface area contributed by atoms with Crippen LogP contribution in [0.5, 0.6) is 5.75 Å². The zero-order valence-corrected chi connectivity index (χ0v) is 23.8. The first-order valence-electron chi connectivity index (χ1n) is 13.5. The van der Waals surface area contributed by atoms with Gasteiger partial charge in [0, 0.05) is 17.2 Å². The summed E-state index contributed by atoms with van der Waals surface area (Å²) in [6.45, 7) is 3.98. The van der Waals surface area contributed by atoms with E-state index in [4.69, 9.17) is 15.2 Å². The van der Waals surface area contributed by atoms with Crippen molar-refractivity contribution < 1.29 is 23.9 Å². The molecule has 1 fully saturated rings. The first kappa shape index (κ1) is 29.4. The van der Waals surface area contributed by atoms with E-state index in [1.165, 1.54) is 11.8 Å². The molecule has 1 amide bonds. The van der Waals surface area contributed by atoms with Crippen molar-refractivity contribution in [1.82, 2.24) is 0 Å². The van der Waals surface area contributed by atoms with Crippen LogP contribution in [0.3, 0.4) is 0 Å². The van der Waals surface area contributed by atoms with E-state index >= 15 is 0 Å². The van der Waals surface area contributed by atoms with Crippen molar-refractivity contribution in [1.29, 1.82) is 0 Å². The fourth-order valence-corrected chi connectivity index (χ4v) is 5.77. The molecule has 4 rings (SSSR count). The van der Waals surface area contributed by atoms with E-state index in [-0.39, 0.29) is 12.3 Å². The van der Waals surface area contributed by atoms with E-state index < -0.39 is 23.6 Å². The number of hydrogen-bond acceptors (Lipinski definition) is 7. The number of nitrogens with one attached hydrogen (secondary N) is 1. The summed E-state index contributed by atoms with van der Waals surface area (Å²) in [7, 11) is 0. The first-order valence-corrected chi connectivity index (χ1v) is 14.7. The lowest BCUT2D eigenvalue weighted by atomic mass is 10.0. The molecule has 3 N–H and O–H groups in total. The van der Waals surface area contributed by atoms with E-state index in [1.54, 1.807) is 24.3 Å².